The van der Waals surface area contributed by atoms with Gasteiger partial charge in [0.2, 0.25) is 5.69 Å². The largest absolute Gasteiger partial charge is 0.353 e. The molecule has 0 bridgehead atoms. The zero-order valence-electron chi connectivity index (χ0n) is 17.0. The summed E-state index contributed by atoms with van der Waals surface area (Å²) in [5.41, 5.74) is 1.61. The van der Waals surface area contributed by atoms with Gasteiger partial charge in [-0.2, -0.15) is 5.10 Å². The van der Waals surface area contributed by atoms with E-state index in [1.807, 2.05) is 26.0 Å². The Bertz CT molecular complexity index is 1220. The molecule has 1 saturated heterocycles. The van der Waals surface area contributed by atoms with E-state index in [4.69, 9.17) is 6.57 Å². The highest BCUT2D eigenvalue weighted by Gasteiger charge is 2.26. The standard InChI is InChI=1S/C22H22N6O2/c1-4-28-21(29)18-8-6-5-7-17(18)19(25-28)22(30)27-11-9-26(10-12-27)20-15(2)13-16(23-3)14-24-20/h5-8,13-14H,4,9-12H2,1-2H3. The van der Waals surface area contributed by atoms with E-state index >= 15 is 0 Å². The van der Waals surface area contributed by atoms with Crippen LogP contribution in [0.1, 0.15) is 23.0 Å². The highest BCUT2D eigenvalue weighted by Crippen LogP contribution is 2.24. The van der Waals surface area contributed by atoms with Crippen LogP contribution in [0.3, 0.4) is 0 Å². The van der Waals surface area contributed by atoms with E-state index in [-0.39, 0.29) is 11.5 Å². The van der Waals surface area contributed by atoms with Gasteiger partial charge in [0.1, 0.15) is 5.82 Å². The third-order valence-corrected chi connectivity index (χ3v) is 5.40. The van der Waals surface area contributed by atoms with Gasteiger partial charge in [-0.05, 0) is 31.5 Å². The molecule has 1 aliphatic rings. The van der Waals surface area contributed by atoms with Crippen LogP contribution >= 0.6 is 0 Å². The van der Waals surface area contributed by atoms with Gasteiger partial charge in [0.05, 0.1) is 12.0 Å². The van der Waals surface area contributed by atoms with Crippen molar-refractivity contribution >= 4 is 28.2 Å². The molecule has 0 aliphatic carbocycles. The lowest BCUT2D eigenvalue weighted by Gasteiger charge is -2.36. The molecule has 3 aromatic rings. The van der Waals surface area contributed by atoms with E-state index in [1.54, 1.807) is 29.3 Å². The molecule has 8 heteroatoms. The molecule has 0 spiro atoms. The van der Waals surface area contributed by atoms with Gasteiger partial charge < -0.3 is 9.80 Å². The van der Waals surface area contributed by atoms with Crippen molar-refractivity contribution in [2.24, 2.45) is 0 Å². The summed E-state index contributed by atoms with van der Waals surface area (Å²) in [4.78, 5) is 37.6. The quantitative estimate of drug-likeness (QED) is 0.630. The predicted molar refractivity (Wildman–Crippen MR) is 115 cm³/mol. The molecular formula is C22H22N6O2. The molecule has 3 heterocycles. The summed E-state index contributed by atoms with van der Waals surface area (Å²) in [6, 6.07) is 8.96. The van der Waals surface area contributed by atoms with Crippen LogP contribution in [-0.4, -0.2) is 51.8 Å². The van der Waals surface area contributed by atoms with E-state index in [0.29, 0.717) is 54.9 Å². The molecular weight excluding hydrogens is 380 g/mol. The number of benzene rings is 1. The SMILES string of the molecule is [C-]#[N+]c1cnc(N2CCN(C(=O)c3nn(CC)c(=O)c4ccccc34)CC2)c(C)c1. The first kappa shape index (κ1) is 19.6. The normalized spacial score (nSPS) is 14.0. The number of aromatic nitrogens is 3. The maximum absolute atomic E-state index is 13.3. The van der Waals surface area contributed by atoms with Gasteiger partial charge in [-0.25, -0.2) is 9.53 Å². The fourth-order valence-corrected chi connectivity index (χ4v) is 3.82. The fraction of sp³-hybridized carbons (Fsp3) is 0.318. The molecule has 152 valence electrons. The van der Waals surface area contributed by atoms with Crippen LogP contribution in [0, 0.1) is 13.5 Å². The van der Waals surface area contributed by atoms with Gasteiger partial charge in [-0.3, -0.25) is 14.6 Å². The Labute approximate surface area is 174 Å². The number of hydrogen-bond acceptors (Lipinski definition) is 5. The highest BCUT2D eigenvalue weighted by molar-refractivity contribution is 6.04. The van der Waals surface area contributed by atoms with Gasteiger partial charge in [0, 0.05) is 44.3 Å². The van der Waals surface area contributed by atoms with Crippen molar-refractivity contribution in [3.8, 4) is 0 Å². The Morgan fingerprint density at radius 2 is 1.87 bits per heavy atom. The molecule has 0 N–H and O–H groups in total. The zero-order valence-corrected chi connectivity index (χ0v) is 17.0. The van der Waals surface area contributed by atoms with Crippen molar-refractivity contribution in [1.29, 1.82) is 0 Å². The minimum Gasteiger partial charge on any atom is -0.353 e. The topological polar surface area (TPSA) is 75.7 Å². The number of amides is 1. The fourth-order valence-electron chi connectivity index (χ4n) is 3.82. The number of anilines is 1. The van der Waals surface area contributed by atoms with Crippen LogP contribution in [0.4, 0.5) is 11.5 Å². The second kappa shape index (κ2) is 7.95. The Morgan fingerprint density at radius 3 is 2.50 bits per heavy atom. The molecule has 8 nitrogen and oxygen atoms in total. The Balaban J connectivity index is 1.58. The van der Waals surface area contributed by atoms with E-state index in [2.05, 4.69) is 19.8 Å². The second-order valence-electron chi connectivity index (χ2n) is 7.24. The van der Waals surface area contributed by atoms with Crippen LogP contribution < -0.4 is 10.5 Å². The summed E-state index contributed by atoms with van der Waals surface area (Å²) >= 11 is 0. The molecule has 30 heavy (non-hydrogen) atoms. The average Bonchev–Trinajstić information content (AvgIpc) is 2.79. The summed E-state index contributed by atoms with van der Waals surface area (Å²) in [7, 11) is 0. The third-order valence-electron chi connectivity index (χ3n) is 5.40. The average molecular weight is 402 g/mol. The number of rotatable bonds is 3. The van der Waals surface area contributed by atoms with Crippen molar-refractivity contribution in [3.05, 3.63) is 69.6 Å². The Hall–Kier alpha value is -3.73. The van der Waals surface area contributed by atoms with Crippen LogP contribution in [0.25, 0.3) is 15.6 Å². The first-order valence-electron chi connectivity index (χ1n) is 9.91. The predicted octanol–water partition coefficient (Wildman–Crippen LogP) is 2.63. The number of pyridine rings is 1. The van der Waals surface area contributed by atoms with Crippen LogP contribution in [0.5, 0.6) is 0 Å². The molecule has 1 amide bonds. The minimum absolute atomic E-state index is 0.166. The number of aryl methyl sites for hydroxylation is 2. The van der Waals surface area contributed by atoms with Crippen molar-refractivity contribution in [2.45, 2.75) is 20.4 Å². The maximum atomic E-state index is 13.3. The van der Waals surface area contributed by atoms with Crippen molar-refractivity contribution in [3.63, 3.8) is 0 Å². The molecule has 0 atom stereocenters. The lowest BCUT2D eigenvalue weighted by atomic mass is 10.1. The smallest absolute Gasteiger partial charge is 0.275 e. The number of carbonyl (C=O) groups is 1. The van der Waals surface area contributed by atoms with Crippen molar-refractivity contribution in [1.82, 2.24) is 19.7 Å². The van der Waals surface area contributed by atoms with Gasteiger partial charge in [0.25, 0.3) is 11.5 Å². The van der Waals surface area contributed by atoms with Crippen LogP contribution in [-0.2, 0) is 6.54 Å². The molecule has 1 aromatic carbocycles. The summed E-state index contributed by atoms with van der Waals surface area (Å²) in [5.74, 6) is 0.679. The summed E-state index contributed by atoms with van der Waals surface area (Å²) in [6.07, 6.45) is 1.58. The van der Waals surface area contributed by atoms with Gasteiger partial charge in [0.15, 0.2) is 5.69 Å². The molecule has 2 aromatic heterocycles. The number of piperazine rings is 1. The van der Waals surface area contributed by atoms with Crippen LogP contribution in [0.15, 0.2) is 41.3 Å². The Morgan fingerprint density at radius 1 is 1.17 bits per heavy atom. The number of hydrogen-bond donors (Lipinski definition) is 0. The number of carbonyl (C=O) groups excluding carboxylic acids is 1. The molecule has 0 radical (unpaired) electrons. The second-order valence-corrected chi connectivity index (χ2v) is 7.24. The summed E-state index contributed by atoms with van der Waals surface area (Å²) in [5, 5.41) is 5.46. The summed E-state index contributed by atoms with van der Waals surface area (Å²) in [6.45, 7) is 13.6. The van der Waals surface area contributed by atoms with E-state index < -0.39 is 0 Å². The van der Waals surface area contributed by atoms with Crippen molar-refractivity contribution in [2.75, 3.05) is 31.1 Å². The molecule has 0 unspecified atom stereocenters. The lowest BCUT2D eigenvalue weighted by Crippen LogP contribution is -2.49. The first-order chi connectivity index (χ1) is 14.5. The highest BCUT2D eigenvalue weighted by atomic mass is 16.2. The maximum Gasteiger partial charge on any atom is 0.275 e. The van der Waals surface area contributed by atoms with Gasteiger partial charge in [-0.15, -0.1) is 0 Å². The van der Waals surface area contributed by atoms with E-state index in [0.717, 1.165) is 11.4 Å². The molecule has 1 fully saturated rings. The first-order valence-corrected chi connectivity index (χ1v) is 9.91. The minimum atomic E-state index is -0.182. The molecule has 4 rings (SSSR count). The lowest BCUT2D eigenvalue weighted by molar-refractivity contribution is 0.0740. The van der Waals surface area contributed by atoms with Crippen LogP contribution in [0.2, 0.25) is 0 Å². The number of fused-ring (bicyclic) bond motifs is 1. The molecule has 0 saturated carbocycles. The van der Waals surface area contributed by atoms with Gasteiger partial charge in [-0.1, -0.05) is 18.2 Å². The third kappa shape index (κ3) is 3.39. The zero-order chi connectivity index (χ0) is 21.3. The Kier molecular flexibility index (Phi) is 5.19. The molecule has 1 aliphatic heterocycles. The monoisotopic (exact) mass is 402 g/mol. The van der Waals surface area contributed by atoms with E-state index in [1.165, 1.54) is 4.68 Å². The number of nitrogens with zero attached hydrogens (tertiary/aromatic N) is 6. The van der Waals surface area contributed by atoms with Gasteiger partial charge >= 0.3 is 0 Å². The van der Waals surface area contributed by atoms with Crippen molar-refractivity contribution < 1.29 is 4.79 Å². The van der Waals surface area contributed by atoms with E-state index in [9.17, 15) is 9.59 Å². The summed E-state index contributed by atoms with van der Waals surface area (Å²) < 4.78 is 1.35.